The normalized spacial score (nSPS) is 9.85. The summed E-state index contributed by atoms with van der Waals surface area (Å²) in [5.41, 5.74) is 12.5. The molecule has 0 heterocycles. The third-order valence-corrected chi connectivity index (χ3v) is 6.04. The summed E-state index contributed by atoms with van der Waals surface area (Å²) in [6.45, 7) is 0. The van der Waals surface area contributed by atoms with Crippen molar-refractivity contribution < 1.29 is 4.39 Å². The molecule has 2 rings (SSSR count). The summed E-state index contributed by atoms with van der Waals surface area (Å²) in [5, 5.41) is 15.3. The van der Waals surface area contributed by atoms with Gasteiger partial charge < -0.3 is 11.5 Å². The van der Waals surface area contributed by atoms with Gasteiger partial charge in [-0.05, 0) is 47.5 Å². The fourth-order valence-corrected chi connectivity index (χ4v) is 4.46. The van der Waals surface area contributed by atoms with Gasteiger partial charge in [-0.2, -0.15) is 0 Å². The monoisotopic (exact) mass is 574 g/mol. The molecule has 0 saturated heterocycles. The van der Waals surface area contributed by atoms with Gasteiger partial charge in [0, 0.05) is 26.3 Å². The molecular formula is C16H18Br2ClFN4S3. The zero-order chi connectivity index (χ0) is 18.4. The average molecular weight is 577 g/mol. The molecule has 0 amide bonds. The van der Waals surface area contributed by atoms with Gasteiger partial charge in [-0.25, -0.2) is 4.39 Å². The van der Waals surface area contributed by atoms with Crippen LogP contribution >= 0.6 is 80.8 Å². The number of hydrogen-bond acceptors (Lipinski definition) is 5. The highest BCUT2D eigenvalue weighted by atomic mass is 79.9. The summed E-state index contributed by atoms with van der Waals surface area (Å²) >= 11 is 9.93. The zero-order valence-corrected chi connectivity index (χ0v) is 20.5. The second-order valence-corrected chi connectivity index (χ2v) is 8.47. The summed E-state index contributed by atoms with van der Waals surface area (Å²) in [5.74, 6) is 0.615. The minimum Gasteiger partial charge on any atom is -0.379 e. The van der Waals surface area contributed by atoms with Crippen LogP contribution in [0.5, 0.6) is 0 Å². The van der Waals surface area contributed by atoms with Crippen molar-refractivity contribution in [3.8, 4) is 0 Å². The van der Waals surface area contributed by atoms with Crippen LogP contribution in [0, 0.1) is 16.6 Å². The molecule has 0 aliphatic heterocycles. The molecule has 6 N–H and O–H groups in total. The van der Waals surface area contributed by atoms with Crippen molar-refractivity contribution in [1.29, 1.82) is 10.8 Å². The SMILES string of the molecule is Br.Br.N=C(N)SCc1cc(F)ccc1Sc1ccc(Cl)cc1CSC(=N)N. The van der Waals surface area contributed by atoms with E-state index in [2.05, 4.69) is 0 Å². The Morgan fingerprint density at radius 3 is 1.89 bits per heavy atom. The summed E-state index contributed by atoms with van der Waals surface area (Å²) < 4.78 is 13.6. The fourth-order valence-electron chi connectivity index (χ4n) is 1.95. The molecule has 4 nitrogen and oxygen atoms in total. The fraction of sp³-hybridized carbons (Fsp3) is 0.125. The van der Waals surface area contributed by atoms with E-state index < -0.39 is 0 Å². The highest BCUT2D eigenvalue weighted by Crippen LogP contribution is 2.37. The van der Waals surface area contributed by atoms with Gasteiger partial charge in [0.05, 0.1) is 0 Å². The van der Waals surface area contributed by atoms with Crippen LogP contribution in [0.3, 0.4) is 0 Å². The Morgan fingerprint density at radius 1 is 0.889 bits per heavy atom. The second-order valence-electron chi connectivity index (χ2n) is 4.91. The number of halogens is 4. The first-order valence-corrected chi connectivity index (χ1v) is 10.2. The van der Waals surface area contributed by atoms with E-state index in [-0.39, 0.29) is 50.1 Å². The van der Waals surface area contributed by atoms with E-state index in [0.29, 0.717) is 16.5 Å². The Morgan fingerprint density at radius 2 is 1.37 bits per heavy atom. The Balaban J connectivity index is 0.00000338. The first kappa shape index (κ1) is 26.6. The largest absolute Gasteiger partial charge is 0.379 e. The van der Waals surface area contributed by atoms with Gasteiger partial charge in [0.25, 0.3) is 0 Å². The van der Waals surface area contributed by atoms with Gasteiger partial charge >= 0.3 is 0 Å². The molecule has 148 valence electrons. The van der Waals surface area contributed by atoms with Crippen molar-refractivity contribution in [3.63, 3.8) is 0 Å². The molecule has 0 bridgehead atoms. The summed E-state index contributed by atoms with van der Waals surface area (Å²) in [6, 6.07) is 10.1. The van der Waals surface area contributed by atoms with Crippen molar-refractivity contribution in [2.75, 3.05) is 0 Å². The van der Waals surface area contributed by atoms with Gasteiger partial charge in [0.2, 0.25) is 0 Å². The Kier molecular flexibility index (Phi) is 12.8. The lowest BCUT2D eigenvalue weighted by Gasteiger charge is -2.13. The van der Waals surface area contributed by atoms with Crippen LogP contribution < -0.4 is 11.5 Å². The van der Waals surface area contributed by atoms with E-state index in [1.54, 1.807) is 12.1 Å². The lowest BCUT2D eigenvalue weighted by Crippen LogP contribution is -2.04. The van der Waals surface area contributed by atoms with E-state index in [4.69, 9.17) is 33.9 Å². The number of nitrogens with one attached hydrogen (secondary N) is 2. The van der Waals surface area contributed by atoms with Crippen LogP contribution in [0.4, 0.5) is 4.39 Å². The molecule has 0 spiro atoms. The molecule has 2 aromatic carbocycles. The Labute approximate surface area is 196 Å². The first-order chi connectivity index (χ1) is 11.8. The van der Waals surface area contributed by atoms with Crippen molar-refractivity contribution in [2.45, 2.75) is 21.3 Å². The van der Waals surface area contributed by atoms with Gasteiger partial charge in [0.15, 0.2) is 10.3 Å². The molecule has 0 saturated carbocycles. The number of hydrogen-bond donors (Lipinski definition) is 4. The van der Waals surface area contributed by atoms with Crippen LogP contribution in [0.15, 0.2) is 46.2 Å². The van der Waals surface area contributed by atoms with E-state index in [1.807, 2.05) is 12.1 Å². The topological polar surface area (TPSA) is 99.7 Å². The minimum atomic E-state index is -0.327. The Bertz CT molecular complexity index is 746. The van der Waals surface area contributed by atoms with E-state index in [9.17, 15) is 4.39 Å². The number of rotatable bonds is 6. The maximum atomic E-state index is 13.6. The lowest BCUT2D eigenvalue weighted by molar-refractivity contribution is 0.625. The van der Waals surface area contributed by atoms with Crippen molar-refractivity contribution in [1.82, 2.24) is 0 Å². The molecule has 0 fully saturated rings. The van der Waals surface area contributed by atoms with Gasteiger partial charge in [-0.3, -0.25) is 10.8 Å². The smallest absolute Gasteiger partial charge is 0.151 e. The van der Waals surface area contributed by atoms with Crippen LogP contribution in [0.2, 0.25) is 5.02 Å². The highest BCUT2D eigenvalue weighted by Gasteiger charge is 2.11. The van der Waals surface area contributed by atoms with Gasteiger partial charge in [-0.1, -0.05) is 46.9 Å². The molecule has 0 radical (unpaired) electrons. The molecule has 27 heavy (non-hydrogen) atoms. The first-order valence-electron chi connectivity index (χ1n) is 7.03. The van der Waals surface area contributed by atoms with Crippen molar-refractivity contribution >= 4 is 91.2 Å². The van der Waals surface area contributed by atoms with Crippen LogP contribution in [-0.2, 0) is 11.5 Å². The van der Waals surface area contributed by atoms with Gasteiger partial charge in [-0.15, -0.1) is 34.0 Å². The maximum absolute atomic E-state index is 13.6. The third kappa shape index (κ3) is 9.10. The molecule has 0 unspecified atom stereocenters. The minimum absolute atomic E-state index is 0. The highest BCUT2D eigenvalue weighted by molar-refractivity contribution is 8.93. The average Bonchev–Trinajstić information content (AvgIpc) is 2.54. The third-order valence-electron chi connectivity index (χ3n) is 3.03. The number of thioether (sulfide) groups is 2. The number of benzene rings is 2. The van der Waals surface area contributed by atoms with Crippen molar-refractivity contribution in [2.24, 2.45) is 11.5 Å². The molecule has 0 aliphatic rings. The quantitative estimate of drug-likeness (QED) is 0.248. The standard InChI is InChI=1S/C16H16ClFN4S3.2BrH/c17-11-1-3-13(9(5-11)7-23-15(19)20)25-14-4-2-12(18)6-10(14)8-24-16(21)22;;/h1-6H,7-8H2,(H3,19,20)(H3,21,22);2*1H. The van der Waals surface area contributed by atoms with E-state index in [0.717, 1.165) is 32.7 Å². The number of nitrogens with two attached hydrogens (primary N) is 2. The molecule has 0 atom stereocenters. The second kappa shape index (κ2) is 12.9. The molecule has 11 heteroatoms. The zero-order valence-electron chi connectivity index (χ0n) is 13.8. The molecular weight excluding hydrogens is 559 g/mol. The maximum Gasteiger partial charge on any atom is 0.151 e. The summed E-state index contributed by atoms with van der Waals surface area (Å²) in [7, 11) is 0. The van der Waals surface area contributed by atoms with E-state index >= 15 is 0 Å². The summed E-state index contributed by atoms with van der Waals surface area (Å²) in [6.07, 6.45) is 0. The van der Waals surface area contributed by atoms with Gasteiger partial charge in [0.1, 0.15) is 5.82 Å². The predicted octanol–water partition coefficient (Wildman–Crippen LogP) is 6.04. The van der Waals surface area contributed by atoms with Crippen LogP contribution in [0.1, 0.15) is 11.1 Å². The summed E-state index contributed by atoms with van der Waals surface area (Å²) in [4.78, 5) is 1.84. The van der Waals surface area contributed by atoms with Crippen LogP contribution in [0.25, 0.3) is 0 Å². The van der Waals surface area contributed by atoms with Crippen LogP contribution in [-0.4, -0.2) is 10.3 Å². The number of amidine groups is 2. The lowest BCUT2D eigenvalue weighted by atomic mass is 10.2. The molecule has 0 aromatic heterocycles. The predicted molar refractivity (Wildman–Crippen MR) is 129 cm³/mol. The van der Waals surface area contributed by atoms with E-state index in [1.165, 1.54) is 35.7 Å². The molecule has 0 aliphatic carbocycles. The molecule has 2 aromatic rings. The Hall–Kier alpha value is -0.390. The van der Waals surface area contributed by atoms with Crippen molar-refractivity contribution in [3.05, 3.63) is 58.4 Å².